The van der Waals surface area contributed by atoms with Crippen molar-refractivity contribution in [1.82, 2.24) is 10.4 Å². The van der Waals surface area contributed by atoms with Crippen LogP contribution in [0.15, 0.2) is 30.5 Å². The lowest BCUT2D eigenvalue weighted by molar-refractivity contribution is -0.767. The van der Waals surface area contributed by atoms with Crippen molar-refractivity contribution >= 4 is 5.70 Å². The van der Waals surface area contributed by atoms with Crippen LogP contribution in [0.25, 0.3) is 5.70 Å². The van der Waals surface area contributed by atoms with E-state index in [1.807, 2.05) is 0 Å². The van der Waals surface area contributed by atoms with Gasteiger partial charge in [-0.2, -0.15) is 4.57 Å². The molecule has 0 fully saturated rings. The maximum atomic E-state index is 3.55. The molecule has 0 radical (unpaired) electrons. The fourth-order valence-electron chi connectivity index (χ4n) is 3.54. The molecule has 3 heteroatoms. The van der Waals surface area contributed by atoms with Crippen molar-refractivity contribution in [2.75, 3.05) is 6.54 Å². The average molecular weight is 258 g/mol. The van der Waals surface area contributed by atoms with Crippen molar-refractivity contribution in [3.63, 3.8) is 0 Å². The number of nitrogens with one attached hydrogen (secondary N) is 1. The van der Waals surface area contributed by atoms with Crippen LogP contribution in [0.3, 0.4) is 0 Å². The van der Waals surface area contributed by atoms with E-state index in [0.717, 1.165) is 6.54 Å². The molecule has 0 saturated carbocycles. The monoisotopic (exact) mass is 258 g/mol. The molecule has 1 atom stereocenters. The van der Waals surface area contributed by atoms with E-state index in [0.29, 0.717) is 6.04 Å². The molecule has 3 nitrogen and oxygen atoms in total. The van der Waals surface area contributed by atoms with Crippen LogP contribution in [-0.2, 0) is 5.54 Å². The van der Waals surface area contributed by atoms with E-state index in [9.17, 15) is 0 Å². The summed E-state index contributed by atoms with van der Waals surface area (Å²) in [6.07, 6.45) is 8.16. The Morgan fingerprint density at radius 1 is 1.37 bits per heavy atom. The number of hydrogen-bond donors (Lipinski definition) is 1. The first-order valence-corrected chi connectivity index (χ1v) is 7.47. The van der Waals surface area contributed by atoms with E-state index < -0.39 is 0 Å². The van der Waals surface area contributed by atoms with Gasteiger partial charge >= 0.3 is 0 Å². The fourth-order valence-corrected chi connectivity index (χ4v) is 3.54. The quantitative estimate of drug-likeness (QED) is 0.822. The molecule has 0 bridgehead atoms. The molecule has 1 aromatic rings. The Hall–Kier alpha value is -1.35. The molecule has 0 saturated heterocycles. The molecule has 0 aliphatic carbocycles. The number of rotatable bonds is 2. The van der Waals surface area contributed by atoms with Crippen LogP contribution in [-0.4, -0.2) is 17.6 Å². The fraction of sp³-hybridized carbons (Fsp3) is 0.562. The zero-order chi connectivity index (χ0) is 13.5. The minimum Gasteiger partial charge on any atom is -0.302 e. The maximum Gasteiger partial charge on any atom is 0.230 e. The molecular formula is C16H24N3+. The summed E-state index contributed by atoms with van der Waals surface area (Å²) in [5.41, 5.74) is 6.50. The predicted octanol–water partition coefficient (Wildman–Crippen LogP) is 2.44. The minimum atomic E-state index is 0.257. The summed E-state index contributed by atoms with van der Waals surface area (Å²) in [6.45, 7) is 7.92. The van der Waals surface area contributed by atoms with Gasteiger partial charge < -0.3 is 5.01 Å². The lowest BCUT2D eigenvalue weighted by atomic mass is 9.88. The van der Waals surface area contributed by atoms with Gasteiger partial charge in [0.1, 0.15) is 5.70 Å². The zero-order valence-corrected chi connectivity index (χ0v) is 12.2. The zero-order valence-electron chi connectivity index (χ0n) is 12.2. The van der Waals surface area contributed by atoms with Crippen molar-refractivity contribution < 1.29 is 4.57 Å². The Labute approximate surface area is 115 Å². The number of nitrogens with zero attached hydrogens (tertiary/aromatic N) is 2. The van der Waals surface area contributed by atoms with Gasteiger partial charge in [-0.3, -0.25) is 0 Å². The molecule has 1 N–H and O–H groups in total. The van der Waals surface area contributed by atoms with Gasteiger partial charge in [-0.15, -0.1) is 0 Å². The van der Waals surface area contributed by atoms with Gasteiger partial charge in [0.2, 0.25) is 5.69 Å². The van der Waals surface area contributed by atoms with Crippen LogP contribution in [0.2, 0.25) is 0 Å². The van der Waals surface area contributed by atoms with Gasteiger partial charge in [0.15, 0.2) is 11.7 Å². The van der Waals surface area contributed by atoms with E-state index in [2.05, 4.69) is 66.2 Å². The highest BCUT2D eigenvalue weighted by Gasteiger charge is 2.43. The number of pyridine rings is 1. The highest BCUT2D eigenvalue weighted by molar-refractivity contribution is 5.61. The molecule has 3 heterocycles. The van der Waals surface area contributed by atoms with Gasteiger partial charge in [-0.1, -0.05) is 13.8 Å². The Balaban J connectivity index is 2.17. The SMILES string of the molecule is CCC1(CC)CCN2NC(C)C=C2c2cccc[n+]21. The smallest absolute Gasteiger partial charge is 0.230 e. The first-order chi connectivity index (χ1) is 9.20. The third kappa shape index (κ3) is 1.88. The number of aromatic nitrogens is 1. The Morgan fingerprint density at radius 2 is 2.16 bits per heavy atom. The van der Waals surface area contributed by atoms with Gasteiger partial charge in [0.05, 0.1) is 0 Å². The summed E-state index contributed by atoms with van der Waals surface area (Å²) < 4.78 is 2.51. The largest absolute Gasteiger partial charge is 0.302 e. The Kier molecular flexibility index (Phi) is 3.09. The van der Waals surface area contributed by atoms with E-state index in [-0.39, 0.29) is 5.54 Å². The van der Waals surface area contributed by atoms with Crippen molar-refractivity contribution in [3.05, 3.63) is 36.2 Å². The molecule has 0 amide bonds. The number of hydrazine groups is 1. The molecule has 0 aromatic carbocycles. The summed E-state index contributed by atoms with van der Waals surface area (Å²) in [5, 5.41) is 2.34. The van der Waals surface area contributed by atoms with Crippen molar-refractivity contribution in [2.45, 2.75) is 51.6 Å². The van der Waals surface area contributed by atoms with E-state index in [1.165, 1.54) is 30.7 Å². The van der Waals surface area contributed by atoms with Gasteiger partial charge in [-0.05, 0) is 19.1 Å². The highest BCUT2D eigenvalue weighted by atomic mass is 15.5. The van der Waals surface area contributed by atoms with Crippen LogP contribution >= 0.6 is 0 Å². The molecular weight excluding hydrogens is 234 g/mol. The first kappa shape index (κ1) is 12.7. The third-order valence-electron chi connectivity index (χ3n) is 4.81. The maximum absolute atomic E-state index is 3.55. The first-order valence-electron chi connectivity index (χ1n) is 7.47. The Bertz CT molecular complexity index is 502. The summed E-state index contributed by atoms with van der Waals surface area (Å²) in [6, 6.07) is 6.99. The molecule has 1 unspecified atom stereocenters. The number of fused-ring (bicyclic) bond motifs is 3. The summed E-state index contributed by atoms with van der Waals surface area (Å²) in [7, 11) is 0. The Morgan fingerprint density at radius 3 is 2.89 bits per heavy atom. The molecule has 3 rings (SSSR count). The lowest BCUT2D eigenvalue weighted by Crippen LogP contribution is -2.57. The molecule has 19 heavy (non-hydrogen) atoms. The van der Waals surface area contributed by atoms with Crippen LogP contribution < -0.4 is 9.99 Å². The van der Waals surface area contributed by atoms with E-state index >= 15 is 0 Å². The standard InChI is InChI=1S/C16H24N3/c1-4-16(5-2)9-11-19-15(12-13(3)17-19)14-8-6-7-10-18(14)16/h6-8,10,12-13,17H,4-5,9,11H2,1-3H3/q+1. The summed E-state index contributed by atoms with van der Waals surface area (Å²) in [4.78, 5) is 0. The van der Waals surface area contributed by atoms with Crippen LogP contribution in [0.5, 0.6) is 0 Å². The molecule has 2 aliphatic rings. The van der Waals surface area contributed by atoms with E-state index in [1.54, 1.807) is 0 Å². The predicted molar refractivity (Wildman–Crippen MR) is 77.1 cm³/mol. The molecule has 2 aliphatic heterocycles. The molecule has 0 spiro atoms. The minimum absolute atomic E-state index is 0.257. The molecule has 102 valence electrons. The summed E-state index contributed by atoms with van der Waals surface area (Å²) >= 11 is 0. The van der Waals surface area contributed by atoms with Gasteiger partial charge in [0.25, 0.3) is 0 Å². The van der Waals surface area contributed by atoms with Crippen LogP contribution in [0, 0.1) is 0 Å². The second-order valence-corrected chi connectivity index (χ2v) is 5.76. The van der Waals surface area contributed by atoms with Crippen molar-refractivity contribution in [2.24, 2.45) is 0 Å². The van der Waals surface area contributed by atoms with Crippen LogP contribution in [0.4, 0.5) is 0 Å². The highest BCUT2D eigenvalue weighted by Crippen LogP contribution is 2.32. The summed E-state index contributed by atoms with van der Waals surface area (Å²) in [5.74, 6) is 0. The van der Waals surface area contributed by atoms with Crippen molar-refractivity contribution in [1.29, 1.82) is 0 Å². The number of hydrogen-bond acceptors (Lipinski definition) is 2. The van der Waals surface area contributed by atoms with Gasteiger partial charge in [0, 0.05) is 44.0 Å². The van der Waals surface area contributed by atoms with Crippen LogP contribution in [0.1, 0.15) is 45.7 Å². The average Bonchev–Trinajstić information content (AvgIpc) is 2.76. The normalized spacial score (nSPS) is 24.5. The lowest BCUT2D eigenvalue weighted by Gasteiger charge is -2.26. The second-order valence-electron chi connectivity index (χ2n) is 5.76. The third-order valence-corrected chi connectivity index (χ3v) is 4.81. The van der Waals surface area contributed by atoms with E-state index in [4.69, 9.17) is 0 Å². The topological polar surface area (TPSA) is 19.1 Å². The van der Waals surface area contributed by atoms with Crippen molar-refractivity contribution in [3.8, 4) is 0 Å². The molecule has 1 aromatic heterocycles. The van der Waals surface area contributed by atoms with Gasteiger partial charge in [-0.25, -0.2) is 5.43 Å². The second kappa shape index (κ2) is 4.64.